The van der Waals surface area contributed by atoms with E-state index in [4.69, 9.17) is 0 Å². The minimum absolute atomic E-state index is 0.0319. The average Bonchev–Trinajstić information content (AvgIpc) is 2.51. The third-order valence-electron chi connectivity index (χ3n) is 6.57. The molecule has 1 saturated heterocycles. The fraction of sp³-hybridized carbons (Fsp3) is 1.00. The molecule has 0 spiro atoms. The Balaban J connectivity index is 2.31. The summed E-state index contributed by atoms with van der Waals surface area (Å²) in [5.74, 6) is 0. The van der Waals surface area contributed by atoms with Gasteiger partial charge in [-0.3, -0.25) is 0 Å². The maximum atomic E-state index is 10.9. The predicted octanol–water partition coefficient (Wildman–Crippen LogP) is 0.869. The van der Waals surface area contributed by atoms with Crippen molar-refractivity contribution in [2.24, 2.45) is 5.41 Å². The van der Waals surface area contributed by atoms with Gasteiger partial charge in [0.15, 0.2) is 0 Å². The highest BCUT2D eigenvalue weighted by molar-refractivity contribution is 6.81. The van der Waals surface area contributed by atoms with Crippen LogP contribution in [0.15, 0.2) is 0 Å². The molecule has 4 atom stereocenters. The van der Waals surface area contributed by atoms with Crippen LogP contribution in [0.4, 0.5) is 0 Å². The van der Waals surface area contributed by atoms with E-state index in [0.717, 1.165) is 0 Å². The lowest BCUT2D eigenvalue weighted by Gasteiger charge is -2.44. The van der Waals surface area contributed by atoms with Crippen LogP contribution in [0.2, 0.25) is 18.1 Å². The Morgan fingerprint density at radius 3 is 2.00 bits per heavy atom. The van der Waals surface area contributed by atoms with E-state index < -0.39 is 36.5 Å². The molecule has 1 aliphatic heterocycles. The minimum Gasteiger partial charge on any atom is -0.395 e. The molecule has 1 aliphatic carbocycles. The summed E-state index contributed by atoms with van der Waals surface area (Å²) in [6.45, 7) is 14.8. The zero-order chi connectivity index (χ0) is 15.1. The number of hydrogen-bond acceptors (Lipinski definition) is 4. The molecule has 0 aromatic rings. The predicted molar refractivity (Wildman–Crippen MR) is 78.7 cm³/mol. The molecular weight excluding hydrogens is 258 g/mol. The standard InChI is InChI=1S/C14H29NO3Si/c1-11(2,3)19(6,7)10(16)9-14(18)12(4,5)13(14,17)8-15-9/h9-10,15-18H,8H2,1-7H3/t9-,10?,13-,14+/m1/s1. The smallest absolute Gasteiger partial charge is 0.120 e. The monoisotopic (exact) mass is 287 g/mol. The lowest BCUT2D eigenvalue weighted by molar-refractivity contribution is 0.0130. The van der Waals surface area contributed by atoms with Gasteiger partial charge in [0, 0.05) is 12.0 Å². The van der Waals surface area contributed by atoms with Gasteiger partial charge in [0.25, 0.3) is 0 Å². The van der Waals surface area contributed by atoms with Gasteiger partial charge >= 0.3 is 0 Å². The van der Waals surface area contributed by atoms with Crippen LogP contribution < -0.4 is 5.32 Å². The van der Waals surface area contributed by atoms with E-state index in [9.17, 15) is 15.3 Å². The van der Waals surface area contributed by atoms with Gasteiger partial charge < -0.3 is 20.6 Å². The number of fused-ring (bicyclic) bond motifs is 1. The minimum atomic E-state index is -2.01. The molecular formula is C14H29NO3Si. The Morgan fingerprint density at radius 2 is 1.68 bits per heavy atom. The van der Waals surface area contributed by atoms with E-state index in [1.165, 1.54) is 0 Å². The average molecular weight is 287 g/mol. The first-order valence-electron chi connectivity index (χ1n) is 7.11. The highest BCUT2D eigenvalue weighted by Gasteiger charge is 2.88. The Bertz CT molecular complexity index is 404. The quantitative estimate of drug-likeness (QED) is 0.569. The van der Waals surface area contributed by atoms with Crippen LogP contribution in [-0.2, 0) is 0 Å². The first-order valence-corrected chi connectivity index (χ1v) is 10.2. The topological polar surface area (TPSA) is 72.7 Å². The van der Waals surface area contributed by atoms with Gasteiger partial charge in [0.05, 0.1) is 19.8 Å². The highest BCUT2D eigenvalue weighted by Crippen LogP contribution is 2.69. The summed E-state index contributed by atoms with van der Waals surface area (Å²) < 4.78 is 0. The molecule has 0 aromatic heterocycles. The number of nitrogens with one attached hydrogen (secondary N) is 1. The van der Waals surface area contributed by atoms with Crippen LogP contribution >= 0.6 is 0 Å². The van der Waals surface area contributed by atoms with E-state index >= 15 is 0 Å². The largest absolute Gasteiger partial charge is 0.395 e. The first-order chi connectivity index (χ1) is 8.25. The van der Waals surface area contributed by atoms with Crippen molar-refractivity contribution < 1.29 is 15.3 Å². The van der Waals surface area contributed by atoms with Gasteiger partial charge in [-0.2, -0.15) is 0 Å². The van der Waals surface area contributed by atoms with Gasteiger partial charge in [0.2, 0.25) is 0 Å². The molecule has 2 aliphatic rings. The third kappa shape index (κ3) is 1.48. The van der Waals surface area contributed by atoms with Crippen LogP contribution in [-0.4, -0.2) is 52.9 Å². The molecule has 1 saturated carbocycles. The van der Waals surface area contributed by atoms with E-state index in [0.29, 0.717) is 6.54 Å². The van der Waals surface area contributed by atoms with E-state index in [-0.39, 0.29) is 5.04 Å². The van der Waals surface area contributed by atoms with Crippen molar-refractivity contribution in [2.45, 2.75) is 75.7 Å². The molecule has 1 heterocycles. The molecule has 1 unspecified atom stereocenters. The van der Waals surface area contributed by atoms with Crippen LogP contribution in [0.25, 0.3) is 0 Å². The van der Waals surface area contributed by atoms with Crippen molar-refractivity contribution in [2.75, 3.05) is 6.54 Å². The summed E-state index contributed by atoms with van der Waals surface area (Å²) in [6, 6.07) is -0.437. The molecule has 112 valence electrons. The second kappa shape index (κ2) is 3.63. The number of aliphatic hydroxyl groups is 3. The summed E-state index contributed by atoms with van der Waals surface area (Å²) in [6.07, 6.45) is 0. The molecule has 0 aromatic carbocycles. The van der Waals surface area contributed by atoms with Gasteiger partial charge in [0.1, 0.15) is 11.2 Å². The second-order valence-electron chi connectivity index (χ2n) is 8.53. The molecule has 0 bridgehead atoms. The normalized spacial score (nSPS) is 42.9. The Labute approximate surface area is 117 Å². The number of β-amino-alcohol motifs (C(OH)–C–C–N with tert-alkyl or cyclic N) is 1. The number of aliphatic hydroxyl groups excluding tert-OH is 1. The number of rotatable bonds is 2. The van der Waals surface area contributed by atoms with E-state index in [2.05, 4.69) is 39.2 Å². The molecule has 2 rings (SSSR count). The zero-order valence-corrected chi connectivity index (χ0v) is 14.2. The van der Waals surface area contributed by atoms with Crippen LogP contribution in [0, 0.1) is 5.41 Å². The van der Waals surface area contributed by atoms with Crippen molar-refractivity contribution in [1.29, 1.82) is 0 Å². The summed E-state index contributed by atoms with van der Waals surface area (Å²) in [7, 11) is -2.01. The highest BCUT2D eigenvalue weighted by atomic mass is 28.3. The van der Waals surface area contributed by atoms with Crippen LogP contribution in [0.3, 0.4) is 0 Å². The zero-order valence-electron chi connectivity index (χ0n) is 13.2. The Hall–Kier alpha value is 0.0569. The maximum Gasteiger partial charge on any atom is 0.120 e. The van der Waals surface area contributed by atoms with E-state index in [1.54, 1.807) is 0 Å². The van der Waals surface area contributed by atoms with Crippen molar-refractivity contribution >= 4 is 8.07 Å². The molecule has 4 nitrogen and oxygen atoms in total. The first kappa shape index (κ1) is 15.4. The summed E-state index contributed by atoms with van der Waals surface area (Å²) in [5.41, 5.74) is -3.46. The molecule has 0 radical (unpaired) electrons. The number of hydrogen-bond donors (Lipinski definition) is 4. The van der Waals surface area contributed by atoms with Gasteiger partial charge in [-0.25, -0.2) is 0 Å². The van der Waals surface area contributed by atoms with Gasteiger partial charge in [-0.05, 0) is 5.04 Å². The molecule has 19 heavy (non-hydrogen) atoms. The summed E-state index contributed by atoms with van der Waals surface area (Å²) in [4.78, 5) is 0. The summed E-state index contributed by atoms with van der Waals surface area (Å²) in [5, 5.41) is 35.4. The fourth-order valence-corrected chi connectivity index (χ4v) is 5.64. The molecule has 0 amide bonds. The van der Waals surface area contributed by atoms with Crippen molar-refractivity contribution in [3.63, 3.8) is 0 Å². The van der Waals surface area contributed by atoms with Gasteiger partial charge in [-0.15, -0.1) is 0 Å². The SMILES string of the molecule is CC1(C)[C@]2(O)CN[C@H](C(O)[Si](C)(C)C(C)(C)C)[C@]12O. The molecule has 2 fully saturated rings. The van der Waals surface area contributed by atoms with Crippen molar-refractivity contribution in [3.05, 3.63) is 0 Å². The molecule has 5 heteroatoms. The Morgan fingerprint density at radius 1 is 1.21 bits per heavy atom. The molecule has 4 N–H and O–H groups in total. The van der Waals surface area contributed by atoms with Crippen molar-refractivity contribution in [1.82, 2.24) is 5.32 Å². The van der Waals surface area contributed by atoms with Crippen molar-refractivity contribution in [3.8, 4) is 0 Å². The second-order valence-corrected chi connectivity index (χ2v) is 14.1. The Kier molecular flexibility index (Phi) is 2.95. The third-order valence-corrected chi connectivity index (χ3v) is 12.2. The van der Waals surface area contributed by atoms with Crippen LogP contribution in [0.5, 0.6) is 0 Å². The van der Waals surface area contributed by atoms with Crippen LogP contribution in [0.1, 0.15) is 34.6 Å². The van der Waals surface area contributed by atoms with Gasteiger partial charge in [-0.1, -0.05) is 47.7 Å². The van der Waals surface area contributed by atoms with E-state index in [1.807, 2.05) is 13.8 Å². The summed E-state index contributed by atoms with van der Waals surface area (Å²) >= 11 is 0. The maximum absolute atomic E-state index is 10.9. The lowest BCUT2D eigenvalue weighted by atomic mass is 9.99. The lowest BCUT2D eigenvalue weighted by Crippen LogP contribution is -2.62. The number of piperidine rings is 1. The fourth-order valence-electron chi connectivity index (χ4n) is 3.56.